The Balaban J connectivity index is 2.26. The van der Waals surface area contributed by atoms with Crippen molar-refractivity contribution in [2.24, 2.45) is 5.73 Å². The van der Waals surface area contributed by atoms with Gasteiger partial charge in [0.2, 0.25) is 5.91 Å². The van der Waals surface area contributed by atoms with Gasteiger partial charge < -0.3 is 15.6 Å². The number of aryl methyl sites for hydroxylation is 1. The lowest BCUT2D eigenvalue weighted by Crippen LogP contribution is -2.45. The van der Waals surface area contributed by atoms with Gasteiger partial charge >= 0.3 is 0 Å². The minimum atomic E-state index is -0.990. The lowest BCUT2D eigenvalue weighted by molar-refractivity contribution is -0.123. The average Bonchev–Trinajstić information content (AvgIpc) is 2.50. The normalized spacial score (nSPS) is 11.3. The quantitative estimate of drug-likeness (QED) is 0.906. The highest BCUT2D eigenvalue weighted by molar-refractivity contribution is 5.96. The van der Waals surface area contributed by atoms with Crippen molar-refractivity contribution in [3.05, 3.63) is 64.1 Å². The highest BCUT2D eigenvalue weighted by Gasteiger charge is 2.30. The monoisotopic (exact) mass is 299 g/mol. The second-order valence-corrected chi connectivity index (χ2v) is 5.83. The van der Waals surface area contributed by atoms with Gasteiger partial charge in [0.05, 0.1) is 0 Å². The van der Waals surface area contributed by atoms with Gasteiger partial charge in [-0.25, -0.2) is 0 Å². The maximum atomic E-state index is 12.6. The SMILES string of the molecule is Cc1ccc(=O)n(C(C)(C)C(=O)Nc2ccc(CN)cc2)c1. The molecule has 0 aliphatic heterocycles. The van der Waals surface area contributed by atoms with E-state index in [1.165, 1.54) is 10.6 Å². The van der Waals surface area contributed by atoms with Gasteiger partial charge in [-0.3, -0.25) is 9.59 Å². The number of carbonyl (C=O) groups is 1. The van der Waals surface area contributed by atoms with E-state index in [-0.39, 0.29) is 11.5 Å². The predicted molar refractivity (Wildman–Crippen MR) is 87.7 cm³/mol. The van der Waals surface area contributed by atoms with Gasteiger partial charge in [0.1, 0.15) is 5.54 Å². The maximum Gasteiger partial charge on any atom is 0.251 e. The summed E-state index contributed by atoms with van der Waals surface area (Å²) in [5, 5.41) is 2.84. The fourth-order valence-corrected chi connectivity index (χ4v) is 2.15. The Labute approximate surface area is 129 Å². The van der Waals surface area contributed by atoms with Crippen molar-refractivity contribution in [1.29, 1.82) is 0 Å². The minimum absolute atomic E-state index is 0.204. The smallest absolute Gasteiger partial charge is 0.251 e. The molecule has 0 atom stereocenters. The van der Waals surface area contributed by atoms with Gasteiger partial charge in [0, 0.05) is 24.5 Å². The number of pyridine rings is 1. The van der Waals surface area contributed by atoms with E-state index in [0.717, 1.165) is 11.1 Å². The molecule has 0 saturated carbocycles. The Hall–Kier alpha value is -2.40. The van der Waals surface area contributed by atoms with Crippen LogP contribution in [-0.4, -0.2) is 10.5 Å². The van der Waals surface area contributed by atoms with Crippen molar-refractivity contribution in [1.82, 2.24) is 4.57 Å². The van der Waals surface area contributed by atoms with E-state index in [0.29, 0.717) is 12.2 Å². The molecule has 0 fully saturated rings. The first-order valence-electron chi connectivity index (χ1n) is 7.15. The van der Waals surface area contributed by atoms with Crippen molar-refractivity contribution >= 4 is 11.6 Å². The zero-order chi connectivity index (χ0) is 16.3. The molecule has 0 saturated heterocycles. The molecule has 1 heterocycles. The molecule has 22 heavy (non-hydrogen) atoms. The van der Waals surface area contributed by atoms with Crippen LogP contribution in [0.2, 0.25) is 0 Å². The second-order valence-electron chi connectivity index (χ2n) is 5.83. The molecule has 1 amide bonds. The summed E-state index contributed by atoms with van der Waals surface area (Å²) in [6, 6.07) is 10.5. The van der Waals surface area contributed by atoms with E-state index < -0.39 is 5.54 Å². The highest BCUT2D eigenvalue weighted by atomic mass is 16.2. The third kappa shape index (κ3) is 3.26. The molecule has 0 bridgehead atoms. The minimum Gasteiger partial charge on any atom is -0.326 e. The van der Waals surface area contributed by atoms with Crippen LogP contribution < -0.4 is 16.6 Å². The molecule has 2 aromatic rings. The lowest BCUT2D eigenvalue weighted by atomic mass is 10.0. The first-order valence-corrected chi connectivity index (χ1v) is 7.15. The van der Waals surface area contributed by atoms with Crippen molar-refractivity contribution in [2.45, 2.75) is 32.9 Å². The van der Waals surface area contributed by atoms with Gasteiger partial charge in [-0.05, 0) is 44.0 Å². The standard InChI is InChI=1S/C17H21N3O2/c1-12-4-9-15(21)20(11-12)17(2,3)16(22)19-14-7-5-13(10-18)6-8-14/h4-9,11H,10,18H2,1-3H3,(H,19,22). The number of amides is 1. The van der Waals surface area contributed by atoms with Crippen LogP contribution in [0.4, 0.5) is 5.69 Å². The summed E-state index contributed by atoms with van der Waals surface area (Å²) in [4.78, 5) is 24.6. The van der Waals surface area contributed by atoms with Crippen LogP contribution in [0.25, 0.3) is 0 Å². The Morgan fingerprint density at radius 2 is 1.82 bits per heavy atom. The second kappa shape index (κ2) is 6.15. The van der Waals surface area contributed by atoms with Crippen LogP contribution in [0.15, 0.2) is 47.4 Å². The molecule has 5 nitrogen and oxygen atoms in total. The van der Waals surface area contributed by atoms with E-state index >= 15 is 0 Å². The third-order valence-corrected chi connectivity index (χ3v) is 3.66. The largest absolute Gasteiger partial charge is 0.326 e. The summed E-state index contributed by atoms with van der Waals surface area (Å²) >= 11 is 0. The molecule has 0 radical (unpaired) electrons. The Bertz CT molecular complexity index is 730. The summed E-state index contributed by atoms with van der Waals surface area (Å²) in [5.74, 6) is -0.249. The van der Waals surface area contributed by atoms with Crippen molar-refractivity contribution in [2.75, 3.05) is 5.32 Å². The number of hydrogen-bond donors (Lipinski definition) is 2. The molecular weight excluding hydrogens is 278 g/mol. The number of hydrogen-bond acceptors (Lipinski definition) is 3. The van der Waals surface area contributed by atoms with Gasteiger partial charge in [-0.15, -0.1) is 0 Å². The zero-order valence-corrected chi connectivity index (χ0v) is 13.1. The van der Waals surface area contributed by atoms with Crippen molar-refractivity contribution in [3.8, 4) is 0 Å². The molecule has 0 aliphatic rings. The van der Waals surface area contributed by atoms with Crippen LogP contribution in [0.5, 0.6) is 0 Å². The number of benzene rings is 1. The molecule has 116 valence electrons. The first kappa shape index (κ1) is 16.0. The van der Waals surface area contributed by atoms with Crippen LogP contribution in [0.3, 0.4) is 0 Å². The van der Waals surface area contributed by atoms with E-state index in [1.54, 1.807) is 38.2 Å². The molecular formula is C17H21N3O2. The summed E-state index contributed by atoms with van der Waals surface area (Å²) < 4.78 is 1.45. The Morgan fingerprint density at radius 3 is 2.41 bits per heavy atom. The van der Waals surface area contributed by atoms with Crippen molar-refractivity contribution < 1.29 is 4.79 Å². The van der Waals surface area contributed by atoms with Crippen molar-refractivity contribution in [3.63, 3.8) is 0 Å². The van der Waals surface area contributed by atoms with E-state index in [1.807, 2.05) is 19.1 Å². The van der Waals surface area contributed by atoms with E-state index in [9.17, 15) is 9.59 Å². The van der Waals surface area contributed by atoms with Gasteiger partial charge in [-0.1, -0.05) is 18.2 Å². The molecule has 1 aromatic carbocycles. The average molecular weight is 299 g/mol. The van der Waals surface area contributed by atoms with Gasteiger partial charge in [-0.2, -0.15) is 0 Å². The third-order valence-electron chi connectivity index (χ3n) is 3.66. The maximum absolute atomic E-state index is 12.6. The lowest BCUT2D eigenvalue weighted by Gasteiger charge is -2.26. The fraction of sp³-hybridized carbons (Fsp3) is 0.294. The number of carbonyl (C=O) groups excluding carboxylic acids is 1. The highest BCUT2D eigenvalue weighted by Crippen LogP contribution is 2.18. The summed E-state index contributed by atoms with van der Waals surface area (Å²) in [7, 11) is 0. The van der Waals surface area contributed by atoms with E-state index in [2.05, 4.69) is 5.32 Å². The van der Waals surface area contributed by atoms with Crippen LogP contribution >= 0.6 is 0 Å². The van der Waals surface area contributed by atoms with Crippen LogP contribution in [0, 0.1) is 6.92 Å². The predicted octanol–water partition coefficient (Wildman–Crippen LogP) is 1.99. The van der Waals surface area contributed by atoms with Crippen LogP contribution in [-0.2, 0) is 16.9 Å². The molecule has 0 spiro atoms. The molecule has 1 aromatic heterocycles. The number of rotatable bonds is 4. The van der Waals surface area contributed by atoms with Crippen LogP contribution in [0.1, 0.15) is 25.0 Å². The number of nitrogens with zero attached hydrogens (tertiary/aromatic N) is 1. The Kier molecular flexibility index (Phi) is 4.47. The zero-order valence-electron chi connectivity index (χ0n) is 13.1. The summed E-state index contributed by atoms with van der Waals surface area (Å²) in [6.45, 7) is 5.78. The first-order chi connectivity index (χ1) is 10.3. The topological polar surface area (TPSA) is 77.1 Å². The number of nitrogens with two attached hydrogens (primary N) is 1. The summed E-state index contributed by atoms with van der Waals surface area (Å²) in [5.41, 5.74) is 6.95. The molecule has 5 heteroatoms. The molecule has 3 N–H and O–H groups in total. The van der Waals surface area contributed by atoms with Gasteiger partial charge in [0.15, 0.2) is 0 Å². The number of aromatic nitrogens is 1. The van der Waals surface area contributed by atoms with Gasteiger partial charge in [0.25, 0.3) is 5.56 Å². The molecule has 2 rings (SSSR count). The summed E-state index contributed by atoms with van der Waals surface area (Å²) in [6.07, 6.45) is 1.69. The molecule has 0 unspecified atom stereocenters. The Morgan fingerprint density at radius 1 is 1.18 bits per heavy atom. The van der Waals surface area contributed by atoms with E-state index in [4.69, 9.17) is 5.73 Å². The molecule has 0 aliphatic carbocycles. The number of anilines is 1. The number of nitrogens with one attached hydrogen (secondary N) is 1. The fourth-order valence-electron chi connectivity index (χ4n) is 2.15.